The van der Waals surface area contributed by atoms with Gasteiger partial charge in [0.2, 0.25) is 0 Å². The van der Waals surface area contributed by atoms with Crippen molar-refractivity contribution in [3.8, 4) is 0 Å². The van der Waals surface area contributed by atoms with Gasteiger partial charge in [-0.05, 0) is 45.1 Å². The molecule has 6 nitrogen and oxygen atoms in total. The summed E-state index contributed by atoms with van der Waals surface area (Å²) in [4.78, 5) is 36.6. The Labute approximate surface area is 150 Å². The van der Waals surface area contributed by atoms with Crippen molar-refractivity contribution in [2.75, 3.05) is 19.7 Å². The van der Waals surface area contributed by atoms with Crippen LogP contribution in [0.15, 0.2) is 4.79 Å². The Morgan fingerprint density at radius 1 is 1.32 bits per heavy atom. The van der Waals surface area contributed by atoms with Gasteiger partial charge >= 0.3 is 0 Å². The molecule has 2 aromatic heterocycles. The smallest absolute Gasteiger partial charge is 0.259 e. The molecule has 1 N–H and O–H groups in total. The number of H-pyrrole nitrogens is 1. The summed E-state index contributed by atoms with van der Waals surface area (Å²) in [5.74, 6) is 0.885. The lowest BCUT2D eigenvalue weighted by atomic mass is 9.96. The summed E-state index contributed by atoms with van der Waals surface area (Å²) in [5, 5.41) is 0.703. The minimum absolute atomic E-state index is 0.0653. The summed E-state index contributed by atoms with van der Waals surface area (Å²) < 4.78 is 5.54. The fraction of sp³-hybridized carbons (Fsp3) is 0.611. The van der Waals surface area contributed by atoms with Crippen LogP contribution < -0.4 is 5.56 Å². The van der Waals surface area contributed by atoms with Crippen LogP contribution in [0, 0.1) is 13.8 Å². The first-order valence-electron chi connectivity index (χ1n) is 8.95. The topological polar surface area (TPSA) is 75.3 Å². The number of nitrogens with one attached hydrogen (secondary N) is 1. The zero-order valence-electron chi connectivity index (χ0n) is 14.6. The van der Waals surface area contributed by atoms with Crippen LogP contribution in [0.25, 0.3) is 10.2 Å². The second-order valence-corrected chi connectivity index (χ2v) is 8.24. The first kappa shape index (κ1) is 16.7. The van der Waals surface area contributed by atoms with Gasteiger partial charge in [0, 0.05) is 30.5 Å². The SMILES string of the molecule is Cc1sc2nc([C@@H]3CCCN(C(=O)[C@H]4CCCO4)C3)[nH]c(=O)c2c1C. The highest BCUT2D eigenvalue weighted by molar-refractivity contribution is 7.18. The van der Waals surface area contributed by atoms with Crippen molar-refractivity contribution in [2.24, 2.45) is 0 Å². The van der Waals surface area contributed by atoms with Gasteiger partial charge in [0.25, 0.3) is 11.5 Å². The summed E-state index contributed by atoms with van der Waals surface area (Å²) in [5.41, 5.74) is 0.948. The second-order valence-electron chi connectivity index (χ2n) is 7.04. The normalized spacial score (nSPS) is 24.2. The third kappa shape index (κ3) is 3.00. The van der Waals surface area contributed by atoms with E-state index in [-0.39, 0.29) is 23.5 Å². The molecule has 134 valence electrons. The van der Waals surface area contributed by atoms with Crippen LogP contribution in [0.1, 0.15) is 47.9 Å². The van der Waals surface area contributed by atoms with E-state index in [9.17, 15) is 9.59 Å². The molecular weight excluding hydrogens is 338 g/mol. The summed E-state index contributed by atoms with van der Waals surface area (Å²) in [6.45, 7) is 6.03. The van der Waals surface area contributed by atoms with Crippen molar-refractivity contribution in [1.29, 1.82) is 0 Å². The van der Waals surface area contributed by atoms with Crippen molar-refractivity contribution < 1.29 is 9.53 Å². The molecule has 7 heteroatoms. The number of ether oxygens (including phenoxy) is 1. The first-order chi connectivity index (χ1) is 12.0. The maximum Gasteiger partial charge on any atom is 0.259 e. The lowest BCUT2D eigenvalue weighted by Crippen LogP contribution is -2.44. The van der Waals surface area contributed by atoms with Crippen LogP contribution in [0.3, 0.4) is 0 Å². The van der Waals surface area contributed by atoms with Gasteiger partial charge in [-0.1, -0.05) is 0 Å². The third-order valence-corrected chi connectivity index (χ3v) is 6.48. The highest BCUT2D eigenvalue weighted by Crippen LogP contribution is 2.30. The van der Waals surface area contributed by atoms with Crippen LogP contribution in [0.5, 0.6) is 0 Å². The van der Waals surface area contributed by atoms with Gasteiger partial charge in [0.15, 0.2) is 0 Å². The standard InChI is InChI=1S/C18H23N3O3S/c1-10-11(2)25-17-14(10)16(22)19-15(20-17)12-5-3-7-21(9-12)18(23)13-6-4-8-24-13/h12-13H,3-9H2,1-2H3,(H,19,20,22)/t12-,13-/m1/s1. The summed E-state index contributed by atoms with van der Waals surface area (Å²) >= 11 is 1.57. The van der Waals surface area contributed by atoms with Gasteiger partial charge in [-0.25, -0.2) is 4.98 Å². The van der Waals surface area contributed by atoms with Crippen molar-refractivity contribution in [3.63, 3.8) is 0 Å². The average molecular weight is 361 g/mol. The van der Waals surface area contributed by atoms with Crippen molar-refractivity contribution in [3.05, 3.63) is 26.6 Å². The number of aryl methyl sites for hydroxylation is 2. The molecule has 2 aromatic rings. The minimum atomic E-state index is -0.282. The maximum atomic E-state index is 12.6. The Morgan fingerprint density at radius 3 is 2.92 bits per heavy atom. The highest BCUT2D eigenvalue weighted by atomic mass is 32.1. The van der Waals surface area contributed by atoms with E-state index in [0.29, 0.717) is 24.4 Å². The molecule has 2 atom stereocenters. The molecule has 0 unspecified atom stereocenters. The lowest BCUT2D eigenvalue weighted by Gasteiger charge is -2.33. The number of likely N-dealkylation sites (tertiary alicyclic amines) is 1. The summed E-state index contributed by atoms with van der Waals surface area (Å²) in [6.07, 6.45) is 3.35. The van der Waals surface area contributed by atoms with E-state index < -0.39 is 0 Å². The summed E-state index contributed by atoms with van der Waals surface area (Å²) in [7, 11) is 0. The fourth-order valence-electron chi connectivity index (χ4n) is 3.84. The molecule has 0 bridgehead atoms. The molecule has 0 aromatic carbocycles. The third-order valence-electron chi connectivity index (χ3n) is 5.38. The Hall–Kier alpha value is -1.73. The van der Waals surface area contributed by atoms with Gasteiger partial charge in [-0.15, -0.1) is 11.3 Å². The van der Waals surface area contributed by atoms with Crippen LogP contribution in [-0.2, 0) is 9.53 Å². The van der Waals surface area contributed by atoms with Crippen molar-refractivity contribution in [1.82, 2.24) is 14.9 Å². The van der Waals surface area contributed by atoms with Gasteiger partial charge in [-0.3, -0.25) is 9.59 Å². The number of rotatable bonds is 2. The molecule has 2 aliphatic heterocycles. The second kappa shape index (κ2) is 6.53. The van der Waals surface area contributed by atoms with E-state index in [4.69, 9.17) is 9.72 Å². The molecule has 2 aliphatic rings. The van der Waals surface area contributed by atoms with Crippen molar-refractivity contribution in [2.45, 2.75) is 51.6 Å². The predicted octanol–water partition coefficient (Wildman–Crippen LogP) is 2.49. The number of hydrogen-bond acceptors (Lipinski definition) is 5. The quantitative estimate of drug-likeness (QED) is 0.892. The number of thiophene rings is 1. The molecule has 1 amide bonds. The van der Waals surface area contributed by atoms with Crippen LogP contribution in [0.4, 0.5) is 0 Å². The molecule has 0 saturated carbocycles. The number of nitrogens with zero attached hydrogens (tertiary/aromatic N) is 2. The number of piperidine rings is 1. The van der Waals surface area contributed by atoms with E-state index in [2.05, 4.69) is 4.98 Å². The minimum Gasteiger partial charge on any atom is -0.368 e. The largest absolute Gasteiger partial charge is 0.368 e. The Balaban J connectivity index is 1.60. The Kier molecular flexibility index (Phi) is 4.37. The van der Waals surface area contributed by atoms with Gasteiger partial charge in [-0.2, -0.15) is 0 Å². The molecule has 4 rings (SSSR count). The highest BCUT2D eigenvalue weighted by Gasteiger charge is 2.32. The van der Waals surface area contributed by atoms with E-state index in [1.165, 1.54) is 0 Å². The van der Waals surface area contributed by atoms with Gasteiger partial charge < -0.3 is 14.6 Å². The number of hydrogen-bond donors (Lipinski definition) is 1. The lowest BCUT2D eigenvalue weighted by molar-refractivity contribution is -0.142. The molecule has 0 radical (unpaired) electrons. The van der Waals surface area contributed by atoms with Gasteiger partial charge in [0.05, 0.1) is 5.39 Å². The summed E-state index contributed by atoms with van der Waals surface area (Å²) in [6, 6.07) is 0. The van der Waals surface area contributed by atoms with E-state index in [1.807, 2.05) is 18.7 Å². The molecular formula is C18H23N3O3S. The zero-order valence-corrected chi connectivity index (χ0v) is 15.4. The average Bonchev–Trinajstić information content (AvgIpc) is 3.23. The number of amides is 1. The molecule has 0 spiro atoms. The molecule has 2 saturated heterocycles. The zero-order chi connectivity index (χ0) is 17.6. The van der Waals surface area contributed by atoms with Crippen LogP contribution in [0.2, 0.25) is 0 Å². The fourth-order valence-corrected chi connectivity index (χ4v) is 4.88. The monoisotopic (exact) mass is 361 g/mol. The number of aromatic nitrogens is 2. The number of fused-ring (bicyclic) bond motifs is 1. The van der Waals surface area contributed by atoms with Gasteiger partial charge in [0.1, 0.15) is 16.8 Å². The van der Waals surface area contributed by atoms with Crippen LogP contribution in [-0.4, -0.2) is 46.6 Å². The van der Waals surface area contributed by atoms with E-state index in [0.717, 1.165) is 47.5 Å². The predicted molar refractivity (Wildman–Crippen MR) is 97.2 cm³/mol. The van der Waals surface area contributed by atoms with Crippen LogP contribution >= 0.6 is 11.3 Å². The number of carbonyl (C=O) groups is 1. The Morgan fingerprint density at radius 2 is 2.16 bits per heavy atom. The maximum absolute atomic E-state index is 12.6. The van der Waals surface area contributed by atoms with Crippen molar-refractivity contribution >= 4 is 27.5 Å². The number of carbonyl (C=O) groups excluding carboxylic acids is 1. The molecule has 25 heavy (non-hydrogen) atoms. The molecule has 2 fully saturated rings. The molecule has 0 aliphatic carbocycles. The van der Waals surface area contributed by atoms with E-state index in [1.54, 1.807) is 11.3 Å². The Bertz CT molecular complexity index is 866. The van der Waals surface area contributed by atoms with E-state index >= 15 is 0 Å². The molecule has 4 heterocycles. The first-order valence-corrected chi connectivity index (χ1v) is 9.76. The number of aromatic amines is 1.